The molecule has 0 fully saturated rings. The summed E-state index contributed by atoms with van der Waals surface area (Å²) in [5.41, 5.74) is 7.72. The molecule has 0 saturated heterocycles. The van der Waals surface area contributed by atoms with Gasteiger partial charge in [-0.2, -0.15) is 0 Å². The minimum absolute atomic E-state index is 0.948. The zero-order valence-electron chi connectivity index (χ0n) is 5.13. The summed E-state index contributed by atoms with van der Waals surface area (Å²) in [6.07, 6.45) is 7.41. The summed E-state index contributed by atoms with van der Waals surface area (Å²) < 4.78 is 1.53. The van der Waals surface area contributed by atoms with E-state index in [4.69, 9.17) is 11.8 Å². The van der Waals surface area contributed by atoms with Gasteiger partial charge in [0.25, 0.3) is 0 Å². The fraction of sp³-hybridized carbons (Fsp3) is 0. The number of nitrogens with zero attached hydrogens (tertiary/aromatic N) is 1. The molecule has 0 aromatic rings. The molecule has 2 aliphatic heterocycles. The number of rotatable bonds is 0. The molecule has 0 saturated carbocycles. The van der Waals surface area contributed by atoms with Crippen molar-refractivity contribution < 1.29 is 0 Å². The van der Waals surface area contributed by atoms with Crippen molar-refractivity contribution in [2.45, 2.75) is 0 Å². The third-order valence-electron chi connectivity index (χ3n) is 1.40. The maximum absolute atomic E-state index is 5.78. The van der Waals surface area contributed by atoms with Crippen molar-refractivity contribution in [2.24, 2.45) is 0 Å². The van der Waals surface area contributed by atoms with Crippen LogP contribution in [0.25, 0.3) is 0 Å². The molecular weight excluding hydrogens is 150 g/mol. The molecule has 4 heteroatoms. The van der Waals surface area contributed by atoms with Gasteiger partial charge < -0.3 is 5.43 Å². The molecule has 3 nitrogen and oxygen atoms in total. The largest absolute Gasteiger partial charge is 0.306 e. The van der Waals surface area contributed by atoms with Crippen LogP contribution in [0.5, 0.6) is 0 Å². The van der Waals surface area contributed by atoms with Crippen LogP contribution in [-0.4, -0.2) is 4.42 Å². The maximum Gasteiger partial charge on any atom is 0.0999 e. The molecule has 0 spiro atoms. The summed E-state index contributed by atoms with van der Waals surface area (Å²) in [7, 11) is 0. The van der Waals surface area contributed by atoms with Crippen LogP contribution in [0.2, 0.25) is 0 Å². The van der Waals surface area contributed by atoms with Crippen molar-refractivity contribution in [3.05, 3.63) is 35.9 Å². The van der Waals surface area contributed by atoms with Crippen LogP contribution in [0, 0.1) is 0 Å². The normalized spacial score (nSPS) is 20.7. The Balaban J connectivity index is 2.39. The van der Waals surface area contributed by atoms with E-state index in [0.717, 1.165) is 11.4 Å². The molecule has 0 unspecified atom stereocenters. The van der Waals surface area contributed by atoms with Gasteiger partial charge in [0.1, 0.15) is 0 Å². The van der Waals surface area contributed by atoms with E-state index in [-0.39, 0.29) is 0 Å². The number of nitrogens with one attached hydrogen (secondary N) is 2. The molecule has 0 amide bonds. The summed E-state index contributed by atoms with van der Waals surface area (Å²) >= 11 is 5.78. The highest BCUT2D eigenvalue weighted by atomic mass is 35.5. The van der Waals surface area contributed by atoms with Gasteiger partial charge in [-0.3, -0.25) is 9.84 Å². The molecule has 0 atom stereocenters. The standard InChI is InChI=1S/C6H6ClN3/c7-10-3-1-2-5-6(10)4-8-9-5/h1-4,8-9H. The Morgan fingerprint density at radius 1 is 1.50 bits per heavy atom. The minimum atomic E-state index is 0.948. The molecule has 2 heterocycles. The molecule has 0 bridgehead atoms. The van der Waals surface area contributed by atoms with Crippen molar-refractivity contribution in [1.82, 2.24) is 15.3 Å². The Bertz CT molecular complexity index is 241. The minimum Gasteiger partial charge on any atom is -0.306 e. The molecule has 0 radical (unpaired) electrons. The Morgan fingerprint density at radius 2 is 2.40 bits per heavy atom. The average Bonchev–Trinajstić information content (AvgIpc) is 2.36. The Morgan fingerprint density at radius 3 is 3.20 bits per heavy atom. The second-order valence-electron chi connectivity index (χ2n) is 2.03. The van der Waals surface area contributed by atoms with Crippen molar-refractivity contribution in [2.75, 3.05) is 0 Å². The van der Waals surface area contributed by atoms with Gasteiger partial charge in [0.15, 0.2) is 0 Å². The molecule has 2 aliphatic rings. The van der Waals surface area contributed by atoms with Crippen LogP contribution in [0.4, 0.5) is 0 Å². The first-order chi connectivity index (χ1) is 4.88. The average molecular weight is 156 g/mol. The van der Waals surface area contributed by atoms with E-state index >= 15 is 0 Å². The van der Waals surface area contributed by atoms with Crippen molar-refractivity contribution in [1.29, 1.82) is 0 Å². The molecule has 0 aliphatic carbocycles. The lowest BCUT2D eigenvalue weighted by atomic mass is 10.3. The van der Waals surface area contributed by atoms with Crippen molar-refractivity contribution in [3.8, 4) is 0 Å². The number of allylic oxidation sites excluding steroid dienone is 2. The van der Waals surface area contributed by atoms with Crippen LogP contribution in [0.3, 0.4) is 0 Å². The molecule has 2 rings (SSSR count). The van der Waals surface area contributed by atoms with E-state index < -0.39 is 0 Å². The van der Waals surface area contributed by atoms with E-state index in [2.05, 4.69) is 10.9 Å². The third kappa shape index (κ3) is 0.675. The van der Waals surface area contributed by atoms with Gasteiger partial charge in [0.2, 0.25) is 0 Å². The first kappa shape index (κ1) is 5.68. The highest BCUT2D eigenvalue weighted by Crippen LogP contribution is 2.21. The molecule has 0 aromatic carbocycles. The highest BCUT2D eigenvalue weighted by Gasteiger charge is 2.16. The quantitative estimate of drug-likeness (QED) is 0.507. The van der Waals surface area contributed by atoms with E-state index in [1.54, 1.807) is 6.20 Å². The number of hydrazine groups is 1. The maximum atomic E-state index is 5.78. The van der Waals surface area contributed by atoms with Crippen molar-refractivity contribution in [3.63, 3.8) is 0 Å². The fourth-order valence-electron chi connectivity index (χ4n) is 0.923. The number of halogens is 1. The van der Waals surface area contributed by atoms with Crippen LogP contribution in [0.15, 0.2) is 35.9 Å². The highest BCUT2D eigenvalue weighted by molar-refractivity contribution is 6.15. The Kier molecular flexibility index (Phi) is 1.11. The van der Waals surface area contributed by atoms with Crippen molar-refractivity contribution >= 4 is 11.8 Å². The number of hydrogen-bond acceptors (Lipinski definition) is 3. The van der Waals surface area contributed by atoms with Gasteiger partial charge in [0.05, 0.1) is 11.4 Å². The lowest BCUT2D eigenvalue weighted by molar-refractivity contribution is 0.728. The molecule has 52 valence electrons. The van der Waals surface area contributed by atoms with E-state index in [1.807, 2.05) is 18.4 Å². The Hall–Kier alpha value is -1.09. The summed E-state index contributed by atoms with van der Waals surface area (Å²) in [5.74, 6) is 0. The lowest BCUT2D eigenvalue weighted by Crippen LogP contribution is -2.20. The zero-order valence-corrected chi connectivity index (χ0v) is 5.89. The summed E-state index contributed by atoms with van der Waals surface area (Å²) in [6.45, 7) is 0. The van der Waals surface area contributed by atoms with Crippen LogP contribution >= 0.6 is 11.8 Å². The molecule has 10 heavy (non-hydrogen) atoms. The van der Waals surface area contributed by atoms with Crippen LogP contribution in [0.1, 0.15) is 0 Å². The topological polar surface area (TPSA) is 27.3 Å². The molecular formula is C6H6ClN3. The zero-order chi connectivity index (χ0) is 6.97. The first-order valence-electron chi connectivity index (χ1n) is 2.93. The fourth-order valence-corrected chi connectivity index (χ4v) is 1.13. The Labute approximate surface area is 63.7 Å². The number of hydrogen-bond donors (Lipinski definition) is 2. The first-order valence-corrected chi connectivity index (χ1v) is 3.27. The smallest absolute Gasteiger partial charge is 0.0999 e. The van der Waals surface area contributed by atoms with Gasteiger partial charge in [-0.25, -0.2) is 0 Å². The predicted molar refractivity (Wildman–Crippen MR) is 39.3 cm³/mol. The van der Waals surface area contributed by atoms with Crippen LogP contribution in [-0.2, 0) is 0 Å². The second kappa shape index (κ2) is 1.95. The SMILES string of the molecule is ClN1C=CC=C2NNC=C21. The number of fused-ring (bicyclic) bond motifs is 1. The molecule has 0 aromatic heterocycles. The lowest BCUT2D eigenvalue weighted by Gasteiger charge is -2.14. The second-order valence-corrected chi connectivity index (χ2v) is 2.40. The third-order valence-corrected chi connectivity index (χ3v) is 1.70. The predicted octanol–water partition coefficient (Wildman–Crippen LogP) is 0.803. The summed E-state index contributed by atoms with van der Waals surface area (Å²) in [5, 5.41) is 0. The molecule has 2 N–H and O–H groups in total. The van der Waals surface area contributed by atoms with E-state index in [9.17, 15) is 0 Å². The van der Waals surface area contributed by atoms with Gasteiger partial charge in [-0.1, -0.05) is 0 Å². The van der Waals surface area contributed by atoms with Gasteiger partial charge in [0, 0.05) is 24.2 Å². The van der Waals surface area contributed by atoms with Gasteiger partial charge >= 0.3 is 0 Å². The van der Waals surface area contributed by atoms with E-state index in [0.29, 0.717) is 0 Å². The van der Waals surface area contributed by atoms with E-state index in [1.165, 1.54) is 4.42 Å². The monoisotopic (exact) mass is 155 g/mol. The summed E-state index contributed by atoms with van der Waals surface area (Å²) in [6, 6.07) is 0. The van der Waals surface area contributed by atoms with Crippen LogP contribution < -0.4 is 10.9 Å². The summed E-state index contributed by atoms with van der Waals surface area (Å²) in [4.78, 5) is 0. The van der Waals surface area contributed by atoms with Gasteiger partial charge in [-0.05, 0) is 12.2 Å². The van der Waals surface area contributed by atoms with Gasteiger partial charge in [-0.15, -0.1) is 0 Å².